The minimum absolute atomic E-state index is 0.209. The van der Waals surface area contributed by atoms with Crippen LogP contribution in [0.2, 0.25) is 0 Å². The summed E-state index contributed by atoms with van der Waals surface area (Å²) in [6, 6.07) is 13.1. The molecule has 4 aromatic rings. The molecule has 0 saturated carbocycles. The van der Waals surface area contributed by atoms with Crippen LogP contribution in [0.1, 0.15) is 36.0 Å². The summed E-state index contributed by atoms with van der Waals surface area (Å²) >= 11 is 0. The molecule has 7 heteroatoms. The fourth-order valence-electron chi connectivity index (χ4n) is 4.73. The lowest BCUT2D eigenvalue weighted by Crippen LogP contribution is -2.27. The fourth-order valence-corrected chi connectivity index (χ4v) is 4.73. The highest BCUT2D eigenvalue weighted by Crippen LogP contribution is 2.37. The zero-order valence-corrected chi connectivity index (χ0v) is 17.6. The summed E-state index contributed by atoms with van der Waals surface area (Å²) in [6.07, 6.45) is 3.95. The average Bonchev–Trinajstić information content (AvgIpc) is 3.28. The number of pyridine rings is 1. The standard InChI is InChI=1S/C23H26N6O/c1-15-22(28(3)27-26-15)19-13-21-20(14-24-19)25-16(2)29(21)23(17-7-5-4-6-8-17)18-9-11-30-12-10-18/h4-8,13-14,18,23H,9-12H2,1-3H3/t23-/m1/s1. The number of aryl methyl sites for hydroxylation is 3. The number of hydrogen-bond donors (Lipinski definition) is 0. The summed E-state index contributed by atoms with van der Waals surface area (Å²) in [6.45, 7) is 5.68. The summed E-state index contributed by atoms with van der Waals surface area (Å²) in [5.41, 5.74) is 5.99. The van der Waals surface area contributed by atoms with Crippen LogP contribution in [0.25, 0.3) is 22.4 Å². The Hall–Kier alpha value is -3.06. The van der Waals surface area contributed by atoms with Crippen molar-refractivity contribution in [3.05, 3.63) is 59.7 Å². The van der Waals surface area contributed by atoms with Crippen LogP contribution in [-0.2, 0) is 11.8 Å². The van der Waals surface area contributed by atoms with Crippen molar-refractivity contribution in [1.82, 2.24) is 29.5 Å². The van der Waals surface area contributed by atoms with E-state index < -0.39 is 0 Å². The normalized spacial score (nSPS) is 16.2. The summed E-state index contributed by atoms with van der Waals surface area (Å²) in [7, 11) is 1.90. The van der Waals surface area contributed by atoms with Crippen molar-refractivity contribution in [3.8, 4) is 11.4 Å². The van der Waals surface area contributed by atoms with Crippen LogP contribution in [0.5, 0.6) is 0 Å². The minimum Gasteiger partial charge on any atom is -0.381 e. The molecule has 4 heterocycles. The van der Waals surface area contributed by atoms with Gasteiger partial charge in [-0.25, -0.2) is 9.67 Å². The van der Waals surface area contributed by atoms with Gasteiger partial charge in [0, 0.05) is 20.3 Å². The molecule has 30 heavy (non-hydrogen) atoms. The molecule has 0 amide bonds. The zero-order chi connectivity index (χ0) is 20.7. The number of imidazole rings is 1. The second kappa shape index (κ2) is 7.65. The molecule has 0 N–H and O–H groups in total. The first-order valence-corrected chi connectivity index (χ1v) is 10.5. The van der Waals surface area contributed by atoms with Gasteiger partial charge in [-0.05, 0) is 44.2 Å². The number of benzene rings is 1. The third kappa shape index (κ3) is 3.19. The largest absolute Gasteiger partial charge is 0.381 e. The predicted molar refractivity (Wildman–Crippen MR) is 115 cm³/mol. The molecule has 0 unspecified atom stereocenters. The molecule has 1 aromatic carbocycles. The van der Waals surface area contributed by atoms with E-state index in [0.29, 0.717) is 5.92 Å². The van der Waals surface area contributed by atoms with Crippen molar-refractivity contribution in [2.45, 2.75) is 32.7 Å². The van der Waals surface area contributed by atoms with Crippen LogP contribution in [0.3, 0.4) is 0 Å². The van der Waals surface area contributed by atoms with Gasteiger partial charge in [0.15, 0.2) is 0 Å². The smallest absolute Gasteiger partial charge is 0.110 e. The van der Waals surface area contributed by atoms with Crippen LogP contribution in [-0.4, -0.2) is 42.7 Å². The van der Waals surface area contributed by atoms with Gasteiger partial charge in [-0.1, -0.05) is 35.5 Å². The number of aromatic nitrogens is 6. The van der Waals surface area contributed by atoms with Gasteiger partial charge in [0.05, 0.1) is 29.1 Å². The molecule has 1 atom stereocenters. The van der Waals surface area contributed by atoms with Gasteiger partial charge in [-0.2, -0.15) is 0 Å². The highest BCUT2D eigenvalue weighted by Gasteiger charge is 2.29. The van der Waals surface area contributed by atoms with Gasteiger partial charge in [0.1, 0.15) is 17.0 Å². The molecular weight excluding hydrogens is 376 g/mol. The van der Waals surface area contributed by atoms with Crippen LogP contribution >= 0.6 is 0 Å². The van der Waals surface area contributed by atoms with Crippen molar-refractivity contribution in [3.63, 3.8) is 0 Å². The van der Waals surface area contributed by atoms with E-state index in [0.717, 1.165) is 60.0 Å². The number of fused-ring (bicyclic) bond motifs is 1. The molecule has 1 aliphatic heterocycles. The maximum atomic E-state index is 5.66. The van der Waals surface area contributed by atoms with E-state index in [-0.39, 0.29) is 6.04 Å². The van der Waals surface area contributed by atoms with E-state index in [4.69, 9.17) is 9.72 Å². The van der Waals surface area contributed by atoms with Crippen LogP contribution in [0, 0.1) is 19.8 Å². The van der Waals surface area contributed by atoms with Crippen molar-refractivity contribution in [1.29, 1.82) is 0 Å². The van der Waals surface area contributed by atoms with E-state index in [2.05, 4.69) is 63.2 Å². The first-order chi connectivity index (χ1) is 14.6. The fraction of sp³-hybridized carbons (Fsp3) is 0.391. The predicted octanol–water partition coefficient (Wildman–Crippen LogP) is 3.86. The van der Waals surface area contributed by atoms with Crippen molar-refractivity contribution < 1.29 is 4.74 Å². The molecule has 154 valence electrons. The van der Waals surface area contributed by atoms with E-state index in [9.17, 15) is 0 Å². The SMILES string of the molecule is Cc1nnn(C)c1-c1cc2c(cn1)nc(C)n2[C@H](c1ccccc1)C1CCOCC1. The molecule has 0 radical (unpaired) electrons. The van der Waals surface area contributed by atoms with Crippen LogP contribution in [0.4, 0.5) is 0 Å². The maximum absolute atomic E-state index is 5.66. The zero-order valence-electron chi connectivity index (χ0n) is 17.6. The molecule has 5 rings (SSSR count). The highest BCUT2D eigenvalue weighted by molar-refractivity contribution is 5.80. The Morgan fingerprint density at radius 1 is 1.10 bits per heavy atom. The number of nitrogens with zero attached hydrogens (tertiary/aromatic N) is 6. The molecule has 7 nitrogen and oxygen atoms in total. The summed E-state index contributed by atoms with van der Waals surface area (Å²) in [5.74, 6) is 1.50. The Kier molecular flexibility index (Phi) is 4.83. The Morgan fingerprint density at radius 3 is 2.57 bits per heavy atom. The Morgan fingerprint density at radius 2 is 1.87 bits per heavy atom. The van der Waals surface area contributed by atoms with Gasteiger partial charge in [-0.15, -0.1) is 5.10 Å². The second-order valence-electron chi connectivity index (χ2n) is 8.04. The first-order valence-electron chi connectivity index (χ1n) is 10.5. The Bertz CT molecular complexity index is 1150. The topological polar surface area (TPSA) is 70.7 Å². The number of rotatable bonds is 4. The van der Waals surface area contributed by atoms with Crippen molar-refractivity contribution in [2.75, 3.05) is 13.2 Å². The van der Waals surface area contributed by atoms with E-state index in [1.807, 2.05) is 20.2 Å². The molecule has 0 bridgehead atoms. The first kappa shape index (κ1) is 18.9. The molecule has 1 fully saturated rings. The molecule has 0 spiro atoms. The van der Waals surface area contributed by atoms with Gasteiger partial charge in [0.2, 0.25) is 0 Å². The van der Waals surface area contributed by atoms with Gasteiger partial charge >= 0.3 is 0 Å². The third-order valence-electron chi connectivity index (χ3n) is 6.12. The number of ether oxygens (including phenoxy) is 1. The van der Waals surface area contributed by atoms with E-state index in [1.165, 1.54) is 5.56 Å². The van der Waals surface area contributed by atoms with Gasteiger partial charge in [0.25, 0.3) is 0 Å². The van der Waals surface area contributed by atoms with Gasteiger partial charge in [-0.3, -0.25) is 4.98 Å². The monoisotopic (exact) mass is 402 g/mol. The average molecular weight is 403 g/mol. The molecule has 3 aromatic heterocycles. The van der Waals surface area contributed by atoms with E-state index >= 15 is 0 Å². The minimum atomic E-state index is 0.209. The highest BCUT2D eigenvalue weighted by atomic mass is 16.5. The summed E-state index contributed by atoms with van der Waals surface area (Å²) < 4.78 is 9.84. The third-order valence-corrected chi connectivity index (χ3v) is 6.12. The maximum Gasteiger partial charge on any atom is 0.110 e. The quantitative estimate of drug-likeness (QED) is 0.518. The molecule has 0 aliphatic carbocycles. The Balaban J connectivity index is 1.70. The summed E-state index contributed by atoms with van der Waals surface area (Å²) in [4.78, 5) is 9.53. The van der Waals surface area contributed by atoms with Gasteiger partial charge < -0.3 is 9.30 Å². The van der Waals surface area contributed by atoms with E-state index in [1.54, 1.807) is 4.68 Å². The van der Waals surface area contributed by atoms with Crippen LogP contribution < -0.4 is 0 Å². The lowest BCUT2D eigenvalue weighted by Gasteiger charge is -2.33. The lowest BCUT2D eigenvalue weighted by molar-refractivity contribution is 0.0545. The molecule has 1 saturated heterocycles. The molecular formula is C23H26N6O. The van der Waals surface area contributed by atoms with Crippen molar-refractivity contribution in [2.24, 2.45) is 13.0 Å². The lowest BCUT2D eigenvalue weighted by atomic mass is 9.86. The summed E-state index contributed by atoms with van der Waals surface area (Å²) in [5, 5.41) is 8.34. The van der Waals surface area contributed by atoms with Crippen LogP contribution in [0.15, 0.2) is 42.6 Å². The number of hydrogen-bond acceptors (Lipinski definition) is 5. The molecule has 1 aliphatic rings. The second-order valence-corrected chi connectivity index (χ2v) is 8.04. The van der Waals surface area contributed by atoms with Crippen molar-refractivity contribution >= 4 is 11.0 Å². The Labute approximate surface area is 175 Å².